The summed E-state index contributed by atoms with van der Waals surface area (Å²) in [5, 5.41) is 17.3. The third-order valence-electron chi connectivity index (χ3n) is 3.97. The summed E-state index contributed by atoms with van der Waals surface area (Å²) in [5.41, 5.74) is 1.86. The molecule has 1 aliphatic carbocycles. The number of nitrogens with zero attached hydrogens (tertiary/aromatic N) is 3. The molecule has 5 nitrogen and oxygen atoms in total. The lowest BCUT2D eigenvalue weighted by Gasteiger charge is -2.26. The van der Waals surface area contributed by atoms with Gasteiger partial charge in [0.25, 0.3) is 0 Å². The highest BCUT2D eigenvalue weighted by atomic mass is 16.4. The summed E-state index contributed by atoms with van der Waals surface area (Å²) in [7, 11) is 0. The Labute approximate surface area is 111 Å². The second kappa shape index (κ2) is 4.64. The van der Waals surface area contributed by atoms with Crippen molar-refractivity contribution in [3.05, 3.63) is 23.8 Å². The maximum Gasteiger partial charge on any atom is 0.335 e. The van der Waals surface area contributed by atoms with Crippen LogP contribution in [0, 0.1) is 5.92 Å². The van der Waals surface area contributed by atoms with Crippen LogP contribution in [0.5, 0.6) is 0 Å². The zero-order chi connectivity index (χ0) is 13.4. The first-order valence-electron chi connectivity index (χ1n) is 6.73. The predicted octanol–water partition coefficient (Wildman–Crippen LogP) is 2.88. The Bertz CT molecular complexity index is 620. The van der Waals surface area contributed by atoms with E-state index in [1.807, 2.05) is 10.7 Å². The lowest BCUT2D eigenvalue weighted by atomic mass is 9.87. The van der Waals surface area contributed by atoms with Crippen LogP contribution in [0.25, 0.3) is 11.0 Å². The van der Waals surface area contributed by atoms with Crippen molar-refractivity contribution < 1.29 is 9.90 Å². The molecular formula is C14H17N3O2. The maximum atomic E-state index is 10.9. The van der Waals surface area contributed by atoms with Gasteiger partial charge in [0.1, 0.15) is 5.52 Å². The number of carboxylic acids is 1. The van der Waals surface area contributed by atoms with Crippen molar-refractivity contribution in [3.63, 3.8) is 0 Å². The normalized spacial score (nSPS) is 23.6. The Balaban J connectivity index is 1.98. The van der Waals surface area contributed by atoms with Gasteiger partial charge in [-0.05, 0) is 37.0 Å². The summed E-state index contributed by atoms with van der Waals surface area (Å²) in [6, 6.07) is 5.42. The Morgan fingerprint density at radius 1 is 1.42 bits per heavy atom. The van der Waals surface area contributed by atoms with Gasteiger partial charge in [0, 0.05) is 0 Å². The monoisotopic (exact) mass is 259 g/mol. The molecule has 0 bridgehead atoms. The lowest BCUT2D eigenvalue weighted by molar-refractivity contribution is 0.0697. The average Bonchev–Trinajstić information content (AvgIpc) is 2.81. The molecule has 5 heteroatoms. The van der Waals surface area contributed by atoms with E-state index in [1.165, 1.54) is 12.8 Å². The summed E-state index contributed by atoms with van der Waals surface area (Å²) in [4.78, 5) is 10.9. The maximum absolute atomic E-state index is 10.9. The lowest BCUT2D eigenvalue weighted by Crippen LogP contribution is -2.18. The van der Waals surface area contributed by atoms with Gasteiger partial charge in [0.2, 0.25) is 0 Å². The van der Waals surface area contributed by atoms with Gasteiger partial charge in [-0.15, -0.1) is 5.10 Å². The molecule has 1 aromatic heterocycles. The molecule has 1 aromatic carbocycles. The predicted molar refractivity (Wildman–Crippen MR) is 71.2 cm³/mol. The van der Waals surface area contributed by atoms with Gasteiger partial charge in [0.05, 0.1) is 17.1 Å². The number of carboxylic acid groups (broad SMARTS) is 1. The average molecular weight is 259 g/mol. The minimum Gasteiger partial charge on any atom is -0.478 e. The molecule has 1 N–H and O–H groups in total. The minimum atomic E-state index is -0.928. The zero-order valence-electron chi connectivity index (χ0n) is 10.9. The van der Waals surface area contributed by atoms with E-state index in [0.29, 0.717) is 11.6 Å². The second-order valence-electron chi connectivity index (χ2n) is 5.47. The Morgan fingerprint density at radius 2 is 2.26 bits per heavy atom. The molecular weight excluding hydrogens is 242 g/mol. The van der Waals surface area contributed by atoms with E-state index in [2.05, 4.69) is 17.2 Å². The van der Waals surface area contributed by atoms with E-state index in [4.69, 9.17) is 5.11 Å². The molecule has 0 amide bonds. The first kappa shape index (κ1) is 12.1. The fourth-order valence-electron chi connectivity index (χ4n) is 2.97. The first-order chi connectivity index (χ1) is 9.15. The fraction of sp³-hybridized carbons (Fsp3) is 0.500. The van der Waals surface area contributed by atoms with Crippen molar-refractivity contribution >= 4 is 17.0 Å². The van der Waals surface area contributed by atoms with Crippen molar-refractivity contribution in [3.8, 4) is 0 Å². The molecule has 1 fully saturated rings. The Morgan fingerprint density at radius 3 is 3.00 bits per heavy atom. The second-order valence-corrected chi connectivity index (χ2v) is 5.47. The molecule has 2 unspecified atom stereocenters. The van der Waals surface area contributed by atoms with Crippen LogP contribution < -0.4 is 0 Å². The molecule has 1 saturated carbocycles. The Kier molecular flexibility index (Phi) is 2.97. The number of rotatable bonds is 2. The van der Waals surface area contributed by atoms with E-state index in [-0.39, 0.29) is 5.56 Å². The molecule has 0 saturated heterocycles. The summed E-state index contributed by atoms with van der Waals surface area (Å²) in [6.07, 6.45) is 4.76. The highest BCUT2D eigenvalue weighted by molar-refractivity contribution is 5.92. The number of hydrogen-bond acceptors (Lipinski definition) is 3. The summed E-state index contributed by atoms with van der Waals surface area (Å²) in [6.45, 7) is 2.27. The quantitative estimate of drug-likeness (QED) is 0.900. The standard InChI is InChI=1S/C14H17N3O2/c1-9-3-2-4-11(7-9)17-13-6-5-10(14(18)19)8-12(13)15-16-17/h5-6,8-9,11H,2-4,7H2,1H3,(H,18,19). The third kappa shape index (κ3) is 2.20. The minimum absolute atomic E-state index is 0.261. The van der Waals surface area contributed by atoms with E-state index in [0.717, 1.165) is 24.3 Å². The van der Waals surface area contributed by atoms with Crippen molar-refractivity contribution in [2.24, 2.45) is 5.92 Å². The number of hydrogen-bond donors (Lipinski definition) is 1. The van der Waals surface area contributed by atoms with Crippen molar-refractivity contribution in [1.29, 1.82) is 0 Å². The van der Waals surface area contributed by atoms with Crippen LogP contribution in [0.3, 0.4) is 0 Å². The smallest absolute Gasteiger partial charge is 0.335 e. The topological polar surface area (TPSA) is 68.0 Å². The van der Waals surface area contributed by atoms with Crippen LogP contribution in [-0.4, -0.2) is 26.1 Å². The van der Waals surface area contributed by atoms with Crippen LogP contribution in [-0.2, 0) is 0 Å². The fourth-order valence-corrected chi connectivity index (χ4v) is 2.97. The summed E-state index contributed by atoms with van der Waals surface area (Å²) < 4.78 is 1.97. The van der Waals surface area contributed by atoms with Gasteiger partial charge in [0.15, 0.2) is 0 Å². The third-order valence-corrected chi connectivity index (χ3v) is 3.97. The van der Waals surface area contributed by atoms with Crippen LogP contribution in [0.2, 0.25) is 0 Å². The molecule has 0 radical (unpaired) electrons. The molecule has 2 atom stereocenters. The SMILES string of the molecule is CC1CCCC(n2nnc3cc(C(=O)O)ccc32)C1. The molecule has 0 aliphatic heterocycles. The van der Waals surface area contributed by atoms with Crippen molar-refractivity contribution in [1.82, 2.24) is 15.0 Å². The van der Waals surface area contributed by atoms with Gasteiger partial charge in [-0.25, -0.2) is 9.48 Å². The number of aromatic nitrogens is 3. The molecule has 1 heterocycles. The first-order valence-corrected chi connectivity index (χ1v) is 6.73. The van der Waals surface area contributed by atoms with Crippen LogP contribution in [0.1, 0.15) is 49.0 Å². The van der Waals surface area contributed by atoms with Crippen LogP contribution in [0.15, 0.2) is 18.2 Å². The van der Waals surface area contributed by atoms with Gasteiger partial charge in [-0.1, -0.05) is 25.0 Å². The molecule has 0 spiro atoms. The molecule has 19 heavy (non-hydrogen) atoms. The number of fused-ring (bicyclic) bond motifs is 1. The summed E-state index contributed by atoms with van der Waals surface area (Å²) >= 11 is 0. The highest BCUT2D eigenvalue weighted by Gasteiger charge is 2.23. The van der Waals surface area contributed by atoms with E-state index < -0.39 is 5.97 Å². The molecule has 1 aliphatic rings. The van der Waals surface area contributed by atoms with Crippen molar-refractivity contribution in [2.75, 3.05) is 0 Å². The van der Waals surface area contributed by atoms with Gasteiger partial charge < -0.3 is 5.11 Å². The van der Waals surface area contributed by atoms with Gasteiger partial charge >= 0.3 is 5.97 Å². The van der Waals surface area contributed by atoms with E-state index in [1.54, 1.807) is 12.1 Å². The van der Waals surface area contributed by atoms with Gasteiger partial charge in [-0.2, -0.15) is 0 Å². The largest absolute Gasteiger partial charge is 0.478 e. The molecule has 100 valence electrons. The zero-order valence-corrected chi connectivity index (χ0v) is 10.9. The number of carbonyl (C=O) groups is 1. The van der Waals surface area contributed by atoms with E-state index >= 15 is 0 Å². The van der Waals surface area contributed by atoms with Crippen LogP contribution >= 0.6 is 0 Å². The Hall–Kier alpha value is -1.91. The number of benzene rings is 1. The highest BCUT2D eigenvalue weighted by Crippen LogP contribution is 2.33. The molecule has 3 rings (SSSR count). The summed E-state index contributed by atoms with van der Waals surface area (Å²) in [5.74, 6) is -0.209. The van der Waals surface area contributed by atoms with Crippen LogP contribution in [0.4, 0.5) is 0 Å². The van der Waals surface area contributed by atoms with Crippen molar-refractivity contribution in [2.45, 2.75) is 38.6 Å². The van der Waals surface area contributed by atoms with Gasteiger partial charge in [-0.3, -0.25) is 0 Å². The van der Waals surface area contributed by atoms with E-state index in [9.17, 15) is 4.79 Å². The number of aromatic carboxylic acids is 1. The molecule has 2 aromatic rings.